The smallest absolute Gasteiger partial charge is 0.303 e. The Balaban J connectivity index is 1.57. The summed E-state index contributed by atoms with van der Waals surface area (Å²) < 4.78 is 41.9. The zero-order chi connectivity index (χ0) is 23.5. The Morgan fingerprint density at radius 1 is 0.906 bits per heavy atom. The zero-order valence-corrected chi connectivity index (χ0v) is 19.6. The second kappa shape index (κ2) is 8.05. The number of ketones is 1. The van der Waals surface area contributed by atoms with Crippen molar-refractivity contribution in [2.75, 3.05) is 6.61 Å². The van der Waals surface area contributed by atoms with Gasteiger partial charge in [-0.2, -0.15) is 0 Å². The van der Waals surface area contributed by atoms with Gasteiger partial charge in [-0.3, -0.25) is 14.4 Å². The first kappa shape index (κ1) is 23.6. The highest BCUT2D eigenvalue weighted by Crippen LogP contribution is 2.70. The Morgan fingerprint density at radius 2 is 1.56 bits per heavy atom. The second-order valence-corrected chi connectivity index (χ2v) is 11.3. The van der Waals surface area contributed by atoms with Gasteiger partial charge in [-0.25, -0.2) is 8.78 Å². The van der Waals surface area contributed by atoms with Crippen molar-refractivity contribution in [3.05, 3.63) is 0 Å². The van der Waals surface area contributed by atoms with Crippen LogP contribution in [-0.2, 0) is 23.9 Å². The first-order valence-electron chi connectivity index (χ1n) is 12.1. The third kappa shape index (κ3) is 3.77. The number of hydrogen-bond donors (Lipinski definition) is 0. The Morgan fingerprint density at radius 3 is 2.22 bits per heavy atom. The fourth-order valence-corrected chi connectivity index (χ4v) is 8.26. The van der Waals surface area contributed by atoms with E-state index >= 15 is 8.78 Å². The van der Waals surface area contributed by atoms with Crippen LogP contribution in [0.25, 0.3) is 0 Å². The monoisotopic (exact) mass is 454 g/mol. The largest absolute Gasteiger partial charge is 0.463 e. The number of carbonyl (C=O) groups excluding carboxylic acids is 3. The number of hydrogen-bond acceptors (Lipinski definition) is 5. The van der Waals surface area contributed by atoms with Crippen LogP contribution in [0, 0.1) is 40.4 Å². The molecule has 0 heterocycles. The third-order valence-corrected chi connectivity index (χ3v) is 9.75. The van der Waals surface area contributed by atoms with E-state index in [2.05, 4.69) is 6.92 Å². The van der Waals surface area contributed by atoms with E-state index < -0.39 is 23.2 Å². The highest BCUT2D eigenvalue weighted by molar-refractivity contribution is 5.85. The molecule has 4 aliphatic rings. The fourth-order valence-electron chi connectivity index (χ4n) is 8.26. The summed E-state index contributed by atoms with van der Waals surface area (Å²) in [5.74, 6) is -5.27. The van der Waals surface area contributed by atoms with Crippen LogP contribution in [0.1, 0.15) is 79.1 Å². The maximum Gasteiger partial charge on any atom is 0.303 e. The molecule has 8 atom stereocenters. The van der Waals surface area contributed by atoms with Crippen molar-refractivity contribution >= 4 is 17.7 Å². The lowest BCUT2D eigenvalue weighted by Crippen LogP contribution is -2.61. The summed E-state index contributed by atoms with van der Waals surface area (Å²) in [7, 11) is 0. The number of ether oxygens (including phenoxy) is 2. The molecule has 180 valence electrons. The van der Waals surface area contributed by atoms with Crippen molar-refractivity contribution in [1.82, 2.24) is 0 Å². The number of fused-ring (bicyclic) bond motifs is 5. The molecule has 0 aromatic rings. The quantitative estimate of drug-likeness (QED) is 0.562. The van der Waals surface area contributed by atoms with Gasteiger partial charge in [-0.15, -0.1) is 0 Å². The molecular formula is C25H36F2O5. The van der Waals surface area contributed by atoms with Crippen molar-refractivity contribution in [3.63, 3.8) is 0 Å². The molecule has 1 unspecified atom stereocenters. The molecule has 4 aliphatic carbocycles. The lowest BCUT2D eigenvalue weighted by atomic mass is 9.43. The Bertz CT molecular complexity index is 797. The van der Waals surface area contributed by atoms with Gasteiger partial charge in [0.2, 0.25) is 0 Å². The van der Waals surface area contributed by atoms with Gasteiger partial charge in [0.1, 0.15) is 12.7 Å². The first-order valence-corrected chi connectivity index (χ1v) is 12.1. The maximum absolute atomic E-state index is 15.8. The molecule has 0 spiro atoms. The zero-order valence-electron chi connectivity index (χ0n) is 19.6. The summed E-state index contributed by atoms with van der Waals surface area (Å²) in [6.45, 7) is 6.58. The Hall–Kier alpha value is -1.53. The molecule has 5 nitrogen and oxygen atoms in total. The molecule has 0 amide bonds. The van der Waals surface area contributed by atoms with Crippen LogP contribution in [0.3, 0.4) is 0 Å². The molecule has 4 fully saturated rings. The normalized spacial score (nSPS) is 44.6. The van der Waals surface area contributed by atoms with Crippen molar-refractivity contribution in [2.24, 2.45) is 40.4 Å². The van der Waals surface area contributed by atoms with Crippen LogP contribution >= 0.6 is 0 Å². The summed E-state index contributed by atoms with van der Waals surface area (Å²) in [5, 5.41) is 0. The lowest BCUT2D eigenvalue weighted by Gasteiger charge is -2.62. The van der Waals surface area contributed by atoms with Gasteiger partial charge < -0.3 is 9.47 Å². The topological polar surface area (TPSA) is 69.7 Å². The standard InChI is InChI=1S/C25H36F2O5/c1-14(28)31-13-21(30)18-5-6-19-22-20(8-10-24(18,19)4)23(3)9-7-17(32-15(2)29)11-16(23)12-25(22,26)27/h16-20,22H,5-13H2,1-4H3/t16?,17-,18-,19+,20+,22+,23+,24-/m1/s1. The summed E-state index contributed by atoms with van der Waals surface area (Å²) in [6.07, 6.45) is 4.27. The minimum absolute atomic E-state index is 0.0880. The van der Waals surface area contributed by atoms with E-state index in [1.165, 1.54) is 13.8 Å². The van der Waals surface area contributed by atoms with E-state index in [0.717, 1.165) is 19.3 Å². The molecule has 0 saturated heterocycles. The van der Waals surface area contributed by atoms with E-state index in [-0.39, 0.29) is 60.0 Å². The molecule has 32 heavy (non-hydrogen) atoms. The molecular weight excluding hydrogens is 418 g/mol. The van der Waals surface area contributed by atoms with E-state index in [1.54, 1.807) is 0 Å². The number of Topliss-reactive ketones (excluding diaryl/α,β-unsaturated/α-hetero) is 1. The average Bonchev–Trinajstić information content (AvgIpc) is 3.03. The van der Waals surface area contributed by atoms with Gasteiger partial charge in [0.05, 0.1) is 0 Å². The Kier molecular flexibility index (Phi) is 5.94. The molecule has 4 rings (SSSR count). The molecule has 4 saturated carbocycles. The van der Waals surface area contributed by atoms with Gasteiger partial charge in [0, 0.05) is 32.1 Å². The summed E-state index contributed by atoms with van der Waals surface area (Å²) >= 11 is 0. The molecule has 0 aromatic heterocycles. The highest BCUT2D eigenvalue weighted by atomic mass is 19.3. The Labute approximate surface area is 189 Å². The third-order valence-electron chi connectivity index (χ3n) is 9.75. The minimum Gasteiger partial charge on any atom is -0.463 e. The summed E-state index contributed by atoms with van der Waals surface area (Å²) in [4.78, 5) is 35.4. The van der Waals surface area contributed by atoms with Crippen molar-refractivity contribution < 1.29 is 32.6 Å². The van der Waals surface area contributed by atoms with E-state index in [0.29, 0.717) is 25.7 Å². The van der Waals surface area contributed by atoms with Crippen molar-refractivity contribution in [3.8, 4) is 0 Å². The summed E-state index contributed by atoms with van der Waals surface area (Å²) in [6, 6.07) is 0. The highest BCUT2D eigenvalue weighted by Gasteiger charge is 2.68. The maximum atomic E-state index is 15.8. The van der Waals surface area contributed by atoms with Gasteiger partial charge in [-0.05, 0) is 73.5 Å². The first-order chi connectivity index (χ1) is 14.9. The molecule has 0 aromatic carbocycles. The SMILES string of the molecule is CC(=O)OCC(=O)[C@H]1CC[C@H]2[C@H]3[C@H](CC[C@]12C)[C@@]1(C)CC[C@@H](OC(C)=O)CC1CC3(F)F. The fraction of sp³-hybridized carbons (Fsp3) is 0.880. The van der Waals surface area contributed by atoms with Crippen LogP contribution in [0.15, 0.2) is 0 Å². The number of esters is 2. The molecule has 0 bridgehead atoms. The van der Waals surface area contributed by atoms with E-state index in [9.17, 15) is 14.4 Å². The van der Waals surface area contributed by atoms with Gasteiger partial charge in [0.15, 0.2) is 5.78 Å². The number of rotatable bonds is 4. The number of halogens is 2. The summed E-state index contributed by atoms with van der Waals surface area (Å²) in [5.41, 5.74) is -0.663. The molecule has 0 aliphatic heterocycles. The second-order valence-electron chi connectivity index (χ2n) is 11.3. The predicted octanol–water partition coefficient (Wildman–Crippen LogP) is 4.95. The molecule has 7 heteroatoms. The van der Waals surface area contributed by atoms with Gasteiger partial charge in [0.25, 0.3) is 5.92 Å². The number of carbonyl (C=O) groups is 3. The van der Waals surface area contributed by atoms with Crippen LogP contribution < -0.4 is 0 Å². The molecule has 0 radical (unpaired) electrons. The van der Waals surface area contributed by atoms with Crippen LogP contribution in [0.2, 0.25) is 0 Å². The van der Waals surface area contributed by atoms with Crippen molar-refractivity contribution in [2.45, 2.75) is 91.1 Å². The molecule has 0 N–H and O–H groups in total. The number of alkyl halides is 2. The van der Waals surface area contributed by atoms with Crippen LogP contribution in [0.5, 0.6) is 0 Å². The van der Waals surface area contributed by atoms with Gasteiger partial charge in [-0.1, -0.05) is 13.8 Å². The van der Waals surface area contributed by atoms with Crippen LogP contribution in [0.4, 0.5) is 8.78 Å². The van der Waals surface area contributed by atoms with Gasteiger partial charge >= 0.3 is 11.9 Å². The van der Waals surface area contributed by atoms with Crippen molar-refractivity contribution in [1.29, 1.82) is 0 Å². The minimum atomic E-state index is -2.80. The average molecular weight is 455 g/mol. The lowest BCUT2D eigenvalue weighted by molar-refractivity contribution is -0.238. The predicted molar refractivity (Wildman–Crippen MR) is 113 cm³/mol. The van der Waals surface area contributed by atoms with Crippen LogP contribution in [-0.4, -0.2) is 36.4 Å². The van der Waals surface area contributed by atoms with E-state index in [1.807, 2.05) is 6.92 Å². The van der Waals surface area contributed by atoms with E-state index in [4.69, 9.17) is 9.47 Å².